The highest BCUT2D eigenvalue weighted by Crippen LogP contribution is 2.24. The lowest BCUT2D eigenvalue weighted by Gasteiger charge is -2.05. The molecule has 7 heteroatoms. The number of esters is 1. The van der Waals surface area contributed by atoms with Crippen LogP contribution in [0.4, 0.5) is 11.6 Å². The lowest BCUT2D eigenvalue weighted by molar-refractivity contribution is 0.0526. The van der Waals surface area contributed by atoms with E-state index in [4.69, 9.17) is 9.47 Å². The molecule has 0 aliphatic carbocycles. The summed E-state index contributed by atoms with van der Waals surface area (Å²) < 4.78 is 12.0. The van der Waals surface area contributed by atoms with Crippen molar-refractivity contribution in [3.63, 3.8) is 0 Å². The summed E-state index contributed by atoms with van der Waals surface area (Å²) in [6.45, 7) is 2.13. The topological polar surface area (TPSA) is 77.8 Å². The summed E-state index contributed by atoms with van der Waals surface area (Å²) >= 11 is 0. The van der Waals surface area contributed by atoms with E-state index in [1.54, 1.807) is 42.8 Å². The summed E-state index contributed by atoms with van der Waals surface area (Å²) in [6, 6.07) is 20.6. The van der Waals surface area contributed by atoms with E-state index in [-0.39, 0.29) is 5.97 Å². The number of nitrogens with one attached hydrogen (secondary N) is 1. The third kappa shape index (κ3) is 3.89. The standard InChI is InChI=1S/C22H20N4O3/c1-3-29-21(27)16-7-11-17(12-8-16)23-22-24-20-6-4-5-19(26(20)25-22)15-9-13-18(28-2)14-10-15/h4-14H,3H2,1-2H3,(H,23,25). The monoisotopic (exact) mass is 388 g/mol. The van der Waals surface area contributed by atoms with Gasteiger partial charge in [-0.15, -0.1) is 5.10 Å². The maximum atomic E-state index is 11.8. The van der Waals surface area contributed by atoms with Gasteiger partial charge in [0.15, 0.2) is 5.65 Å². The smallest absolute Gasteiger partial charge is 0.338 e. The molecule has 4 aromatic rings. The van der Waals surface area contributed by atoms with Crippen LogP contribution in [0.5, 0.6) is 5.75 Å². The van der Waals surface area contributed by atoms with Crippen LogP contribution in [0.25, 0.3) is 16.9 Å². The van der Waals surface area contributed by atoms with E-state index in [9.17, 15) is 4.79 Å². The van der Waals surface area contributed by atoms with Crippen LogP contribution in [-0.2, 0) is 4.74 Å². The van der Waals surface area contributed by atoms with Gasteiger partial charge in [-0.2, -0.15) is 4.98 Å². The Morgan fingerprint density at radius 2 is 1.79 bits per heavy atom. The highest BCUT2D eigenvalue weighted by atomic mass is 16.5. The van der Waals surface area contributed by atoms with E-state index >= 15 is 0 Å². The molecule has 7 nitrogen and oxygen atoms in total. The van der Waals surface area contributed by atoms with Gasteiger partial charge in [-0.05, 0) is 67.6 Å². The Morgan fingerprint density at radius 1 is 1.03 bits per heavy atom. The van der Waals surface area contributed by atoms with Gasteiger partial charge in [-0.25, -0.2) is 9.31 Å². The van der Waals surface area contributed by atoms with Gasteiger partial charge in [0.05, 0.1) is 25.0 Å². The van der Waals surface area contributed by atoms with Crippen molar-refractivity contribution in [1.29, 1.82) is 0 Å². The van der Waals surface area contributed by atoms with Gasteiger partial charge in [0.1, 0.15) is 5.75 Å². The second-order valence-corrected chi connectivity index (χ2v) is 6.27. The van der Waals surface area contributed by atoms with E-state index in [0.717, 1.165) is 28.3 Å². The largest absolute Gasteiger partial charge is 0.497 e. The molecule has 0 spiro atoms. The van der Waals surface area contributed by atoms with Crippen molar-refractivity contribution < 1.29 is 14.3 Å². The molecule has 0 amide bonds. The van der Waals surface area contributed by atoms with Crippen molar-refractivity contribution in [2.75, 3.05) is 19.0 Å². The average molecular weight is 388 g/mol. The maximum absolute atomic E-state index is 11.8. The minimum absolute atomic E-state index is 0.339. The molecule has 0 aliphatic heterocycles. The molecule has 2 aromatic heterocycles. The molecule has 146 valence electrons. The molecule has 0 saturated carbocycles. The van der Waals surface area contributed by atoms with Gasteiger partial charge in [-0.3, -0.25) is 0 Å². The number of nitrogens with zero attached hydrogens (tertiary/aromatic N) is 3. The summed E-state index contributed by atoms with van der Waals surface area (Å²) in [7, 11) is 1.64. The Morgan fingerprint density at radius 3 is 2.48 bits per heavy atom. The molecule has 0 aliphatic rings. The molecule has 0 saturated heterocycles. The number of pyridine rings is 1. The van der Waals surface area contributed by atoms with Crippen LogP contribution in [0.2, 0.25) is 0 Å². The number of aromatic nitrogens is 3. The number of hydrogen-bond donors (Lipinski definition) is 1. The molecular formula is C22H20N4O3. The van der Waals surface area contributed by atoms with Crippen molar-refractivity contribution in [2.45, 2.75) is 6.92 Å². The molecule has 0 unspecified atom stereocenters. The van der Waals surface area contributed by atoms with E-state index in [1.807, 2.05) is 42.5 Å². The molecule has 2 heterocycles. The lowest BCUT2D eigenvalue weighted by atomic mass is 10.1. The molecule has 0 bridgehead atoms. The van der Waals surface area contributed by atoms with Gasteiger partial charge >= 0.3 is 5.97 Å². The first-order valence-electron chi connectivity index (χ1n) is 9.22. The predicted octanol–water partition coefficient (Wildman–Crippen LogP) is 4.33. The predicted molar refractivity (Wildman–Crippen MR) is 111 cm³/mol. The number of carbonyl (C=O) groups excluding carboxylic acids is 1. The third-order valence-corrected chi connectivity index (χ3v) is 4.40. The van der Waals surface area contributed by atoms with Crippen molar-refractivity contribution in [2.24, 2.45) is 0 Å². The summed E-state index contributed by atoms with van der Waals surface area (Å²) in [4.78, 5) is 16.3. The average Bonchev–Trinajstić information content (AvgIpc) is 3.17. The summed E-state index contributed by atoms with van der Waals surface area (Å²) in [5.41, 5.74) is 3.93. The van der Waals surface area contributed by atoms with Gasteiger partial charge in [0.2, 0.25) is 5.95 Å². The molecule has 4 rings (SSSR count). The molecular weight excluding hydrogens is 368 g/mol. The molecule has 29 heavy (non-hydrogen) atoms. The van der Waals surface area contributed by atoms with Gasteiger partial charge in [0, 0.05) is 11.3 Å². The number of hydrogen-bond acceptors (Lipinski definition) is 6. The quantitative estimate of drug-likeness (QED) is 0.496. The van der Waals surface area contributed by atoms with Crippen molar-refractivity contribution in [1.82, 2.24) is 14.6 Å². The first-order valence-corrected chi connectivity index (χ1v) is 9.22. The number of methoxy groups -OCH3 is 1. The highest BCUT2D eigenvalue weighted by molar-refractivity contribution is 5.89. The number of benzene rings is 2. The van der Waals surface area contributed by atoms with Crippen LogP contribution in [0, 0.1) is 0 Å². The Bertz CT molecular complexity index is 1140. The van der Waals surface area contributed by atoms with E-state index in [0.29, 0.717) is 18.1 Å². The highest BCUT2D eigenvalue weighted by Gasteiger charge is 2.10. The zero-order valence-corrected chi connectivity index (χ0v) is 16.1. The van der Waals surface area contributed by atoms with Crippen LogP contribution in [0.1, 0.15) is 17.3 Å². The molecule has 2 aromatic carbocycles. The number of ether oxygens (including phenoxy) is 2. The minimum Gasteiger partial charge on any atom is -0.497 e. The fraction of sp³-hybridized carbons (Fsp3) is 0.136. The van der Waals surface area contributed by atoms with Crippen molar-refractivity contribution in [3.05, 3.63) is 72.3 Å². The fourth-order valence-corrected chi connectivity index (χ4v) is 2.97. The van der Waals surface area contributed by atoms with Crippen LogP contribution in [0.3, 0.4) is 0 Å². The maximum Gasteiger partial charge on any atom is 0.338 e. The Labute approximate surface area is 167 Å². The van der Waals surface area contributed by atoms with Crippen molar-refractivity contribution in [3.8, 4) is 17.0 Å². The minimum atomic E-state index is -0.339. The molecule has 0 radical (unpaired) electrons. The zero-order valence-electron chi connectivity index (χ0n) is 16.1. The number of fused-ring (bicyclic) bond motifs is 1. The second kappa shape index (κ2) is 8.02. The van der Waals surface area contributed by atoms with Crippen LogP contribution in [0.15, 0.2) is 66.7 Å². The van der Waals surface area contributed by atoms with Crippen molar-refractivity contribution >= 4 is 23.3 Å². The third-order valence-electron chi connectivity index (χ3n) is 4.40. The zero-order chi connectivity index (χ0) is 20.2. The van der Waals surface area contributed by atoms with Crippen LogP contribution in [-0.4, -0.2) is 34.3 Å². The first-order chi connectivity index (χ1) is 14.2. The number of anilines is 2. The Balaban J connectivity index is 1.60. The molecule has 0 fully saturated rings. The Hall–Kier alpha value is -3.87. The fourth-order valence-electron chi connectivity index (χ4n) is 2.97. The first kappa shape index (κ1) is 18.5. The van der Waals surface area contributed by atoms with E-state index in [2.05, 4.69) is 15.4 Å². The number of rotatable bonds is 6. The molecule has 0 atom stereocenters. The van der Waals surface area contributed by atoms with E-state index < -0.39 is 0 Å². The molecule has 1 N–H and O–H groups in total. The lowest BCUT2D eigenvalue weighted by Crippen LogP contribution is -2.04. The van der Waals surface area contributed by atoms with Gasteiger partial charge < -0.3 is 14.8 Å². The number of carbonyl (C=O) groups is 1. The summed E-state index contributed by atoms with van der Waals surface area (Å²) in [5.74, 6) is 0.928. The van der Waals surface area contributed by atoms with Crippen LogP contribution >= 0.6 is 0 Å². The summed E-state index contributed by atoms with van der Waals surface area (Å²) in [6.07, 6.45) is 0. The summed E-state index contributed by atoms with van der Waals surface area (Å²) in [5, 5.41) is 7.76. The van der Waals surface area contributed by atoms with E-state index in [1.165, 1.54) is 0 Å². The van der Waals surface area contributed by atoms with Gasteiger partial charge in [0.25, 0.3) is 0 Å². The SMILES string of the molecule is CCOC(=O)c1ccc(Nc2nc3cccc(-c4ccc(OC)cc4)n3n2)cc1. The van der Waals surface area contributed by atoms with Gasteiger partial charge in [-0.1, -0.05) is 6.07 Å². The van der Waals surface area contributed by atoms with Crippen LogP contribution < -0.4 is 10.1 Å². The normalized spacial score (nSPS) is 10.7. The Kier molecular flexibility index (Phi) is 5.11. The second-order valence-electron chi connectivity index (χ2n) is 6.27.